The van der Waals surface area contributed by atoms with E-state index in [1.807, 2.05) is 50.2 Å². The number of nitrogens with one attached hydrogen (secondary N) is 1. The topological polar surface area (TPSA) is 94.1 Å². The van der Waals surface area contributed by atoms with Crippen LogP contribution in [0.25, 0.3) is 11.1 Å². The van der Waals surface area contributed by atoms with E-state index >= 15 is 0 Å². The Kier molecular flexibility index (Phi) is 6.97. The predicted octanol–water partition coefficient (Wildman–Crippen LogP) is 4.01. The van der Waals surface area contributed by atoms with Crippen LogP contribution in [0.1, 0.15) is 37.3 Å². The Labute approximate surface area is 182 Å². The van der Waals surface area contributed by atoms with Crippen molar-refractivity contribution in [1.82, 2.24) is 5.32 Å². The van der Waals surface area contributed by atoms with Crippen LogP contribution in [0.5, 0.6) is 0 Å². The lowest BCUT2D eigenvalue weighted by molar-refractivity contribution is -0.237. The smallest absolute Gasteiger partial charge is 0.407 e. The molecule has 1 atom stereocenters. The number of aliphatic carboxylic acids is 1. The van der Waals surface area contributed by atoms with E-state index in [0.717, 1.165) is 22.3 Å². The summed E-state index contributed by atoms with van der Waals surface area (Å²) in [4.78, 5) is 24.6. The Hall–Kier alpha value is -2.90. The number of carboxylic acids is 1. The van der Waals surface area contributed by atoms with Crippen LogP contribution in [-0.4, -0.2) is 49.8 Å². The van der Waals surface area contributed by atoms with Crippen molar-refractivity contribution >= 4 is 12.1 Å². The molecule has 7 nitrogen and oxygen atoms in total. The van der Waals surface area contributed by atoms with Crippen LogP contribution in [0.3, 0.4) is 0 Å². The summed E-state index contributed by atoms with van der Waals surface area (Å²) >= 11 is 0. The van der Waals surface area contributed by atoms with Gasteiger partial charge in [0.1, 0.15) is 6.61 Å². The van der Waals surface area contributed by atoms with E-state index in [2.05, 4.69) is 17.4 Å². The molecule has 0 aromatic heterocycles. The number of hydrogen-bond donors (Lipinski definition) is 2. The number of carbonyl (C=O) groups excluding carboxylic acids is 1. The molecule has 31 heavy (non-hydrogen) atoms. The zero-order valence-electron chi connectivity index (χ0n) is 18.3. The minimum absolute atomic E-state index is 0.0860. The van der Waals surface area contributed by atoms with Crippen molar-refractivity contribution in [3.05, 3.63) is 59.7 Å². The van der Waals surface area contributed by atoms with Gasteiger partial charge in [-0.15, -0.1) is 0 Å². The maximum absolute atomic E-state index is 12.7. The minimum atomic E-state index is -2.00. The van der Waals surface area contributed by atoms with Crippen molar-refractivity contribution in [1.29, 1.82) is 0 Å². The van der Waals surface area contributed by atoms with E-state index in [4.69, 9.17) is 14.2 Å². The van der Waals surface area contributed by atoms with Gasteiger partial charge in [-0.25, -0.2) is 9.59 Å². The molecule has 1 amide bonds. The van der Waals surface area contributed by atoms with Crippen LogP contribution in [0.4, 0.5) is 4.79 Å². The number of hydrogen-bond acceptors (Lipinski definition) is 5. The molecule has 0 aliphatic heterocycles. The molecule has 2 aromatic rings. The van der Waals surface area contributed by atoms with E-state index in [9.17, 15) is 14.7 Å². The quantitative estimate of drug-likeness (QED) is 0.587. The summed E-state index contributed by atoms with van der Waals surface area (Å²) in [7, 11) is 2.48. The molecule has 2 aromatic carbocycles. The lowest BCUT2D eigenvalue weighted by atomic mass is 9.96. The van der Waals surface area contributed by atoms with Gasteiger partial charge in [-0.1, -0.05) is 62.4 Å². The van der Waals surface area contributed by atoms with Crippen molar-refractivity contribution in [3.63, 3.8) is 0 Å². The number of carboxylic acid groups (broad SMARTS) is 1. The molecular formula is C24H29NO6. The van der Waals surface area contributed by atoms with E-state index < -0.39 is 23.9 Å². The SMILES string of the molecule is COC(OC)(C(=O)O)[C@H](CC(C)C)NC(=O)OCC1c2ccccc2-c2ccccc21. The first-order valence-corrected chi connectivity index (χ1v) is 10.3. The van der Waals surface area contributed by atoms with Gasteiger partial charge in [0.25, 0.3) is 5.79 Å². The molecule has 0 radical (unpaired) electrons. The number of carbonyl (C=O) groups is 2. The van der Waals surface area contributed by atoms with Crippen molar-refractivity contribution < 1.29 is 28.9 Å². The molecule has 0 heterocycles. The normalized spacial score (nSPS) is 14.1. The fourth-order valence-electron chi connectivity index (χ4n) is 4.25. The first-order chi connectivity index (χ1) is 14.8. The number of methoxy groups -OCH3 is 2. The minimum Gasteiger partial charge on any atom is -0.477 e. The molecule has 0 spiro atoms. The molecule has 0 saturated carbocycles. The van der Waals surface area contributed by atoms with Gasteiger partial charge in [0.05, 0.1) is 6.04 Å². The maximum atomic E-state index is 12.7. The third-order valence-corrected chi connectivity index (χ3v) is 5.71. The van der Waals surface area contributed by atoms with Crippen LogP contribution >= 0.6 is 0 Å². The molecule has 1 aliphatic rings. The maximum Gasteiger partial charge on any atom is 0.407 e. The monoisotopic (exact) mass is 427 g/mol. The Morgan fingerprint density at radius 2 is 1.52 bits per heavy atom. The Bertz CT molecular complexity index is 892. The number of alkyl carbamates (subject to hydrolysis) is 1. The fourth-order valence-corrected chi connectivity index (χ4v) is 4.25. The highest BCUT2D eigenvalue weighted by atomic mass is 16.7. The first-order valence-electron chi connectivity index (χ1n) is 10.3. The van der Waals surface area contributed by atoms with Gasteiger partial charge in [-0.3, -0.25) is 0 Å². The molecule has 0 bridgehead atoms. The van der Waals surface area contributed by atoms with Gasteiger partial charge in [-0.05, 0) is 34.6 Å². The number of fused-ring (bicyclic) bond motifs is 3. The van der Waals surface area contributed by atoms with Gasteiger partial charge in [-0.2, -0.15) is 0 Å². The molecule has 0 fully saturated rings. The molecule has 1 aliphatic carbocycles. The Morgan fingerprint density at radius 1 is 1.00 bits per heavy atom. The standard InChI is InChI=1S/C24H29NO6/c1-15(2)13-21(24(29-3,30-4)22(26)27)25-23(28)31-14-20-18-11-7-5-9-16(18)17-10-6-8-12-19(17)20/h5-12,15,20-21H,13-14H2,1-4H3,(H,25,28)(H,26,27)/t21-/m0/s1. The molecule has 7 heteroatoms. The summed E-state index contributed by atoms with van der Waals surface area (Å²) in [5.74, 6) is -3.32. The van der Waals surface area contributed by atoms with E-state index in [1.165, 1.54) is 14.2 Å². The summed E-state index contributed by atoms with van der Waals surface area (Å²) in [6, 6.07) is 15.2. The average Bonchev–Trinajstić information content (AvgIpc) is 3.06. The lowest BCUT2D eigenvalue weighted by Gasteiger charge is -2.35. The second kappa shape index (κ2) is 9.49. The highest BCUT2D eigenvalue weighted by Crippen LogP contribution is 2.44. The lowest BCUT2D eigenvalue weighted by Crippen LogP contribution is -2.60. The number of amides is 1. The number of rotatable bonds is 9. The van der Waals surface area contributed by atoms with Crippen molar-refractivity contribution in [2.24, 2.45) is 5.92 Å². The van der Waals surface area contributed by atoms with E-state index in [-0.39, 0.29) is 18.4 Å². The second-order valence-corrected chi connectivity index (χ2v) is 8.03. The highest BCUT2D eigenvalue weighted by molar-refractivity contribution is 5.80. The fraction of sp³-hybridized carbons (Fsp3) is 0.417. The Balaban J connectivity index is 1.76. The molecule has 0 unspecified atom stereocenters. The van der Waals surface area contributed by atoms with E-state index in [1.54, 1.807) is 0 Å². The molecule has 166 valence electrons. The average molecular weight is 427 g/mol. The summed E-state index contributed by atoms with van der Waals surface area (Å²) < 4.78 is 15.9. The predicted molar refractivity (Wildman–Crippen MR) is 116 cm³/mol. The van der Waals surface area contributed by atoms with Gasteiger partial charge in [0.2, 0.25) is 0 Å². The molecular weight excluding hydrogens is 398 g/mol. The van der Waals surface area contributed by atoms with Crippen LogP contribution in [0.2, 0.25) is 0 Å². The largest absolute Gasteiger partial charge is 0.477 e. The van der Waals surface area contributed by atoms with Gasteiger partial charge in [0.15, 0.2) is 0 Å². The summed E-state index contributed by atoms with van der Waals surface area (Å²) in [6.45, 7) is 3.98. The van der Waals surface area contributed by atoms with Gasteiger partial charge >= 0.3 is 12.1 Å². The van der Waals surface area contributed by atoms with Crippen LogP contribution in [0.15, 0.2) is 48.5 Å². The molecule has 3 rings (SSSR count). The second-order valence-electron chi connectivity index (χ2n) is 8.03. The zero-order valence-corrected chi connectivity index (χ0v) is 18.3. The zero-order chi connectivity index (χ0) is 22.6. The summed E-state index contributed by atoms with van der Waals surface area (Å²) in [6.07, 6.45) is -0.384. The summed E-state index contributed by atoms with van der Waals surface area (Å²) in [5.41, 5.74) is 4.47. The van der Waals surface area contributed by atoms with E-state index in [0.29, 0.717) is 6.42 Å². The molecule has 2 N–H and O–H groups in total. The Morgan fingerprint density at radius 3 is 1.97 bits per heavy atom. The summed E-state index contributed by atoms with van der Waals surface area (Å²) in [5, 5.41) is 12.4. The van der Waals surface area contributed by atoms with Crippen molar-refractivity contribution in [2.75, 3.05) is 20.8 Å². The van der Waals surface area contributed by atoms with Crippen LogP contribution in [-0.2, 0) is 19.0 Å². The third-order valence-electron chi connectivity index (χ3n) is 5.71. The van der Waals surface area contributed by atoms with Crippen molar-refractivity contribution in [2.45, 2.75) is 38.0 Å². The van der Waals surface area contributed by atoms with Gasteiger partial charge in [0, 0.05) is 20.1 Å². The molecule has 0 saturated heterocycles. The van der Waals surface area contributed by atoms with Crippen LogP contribution in [0, 0.1) is 5.92 Å². The highest BCUT2D eigenvalue weighted by Gasteiger charge is 2.48. The van der Waals surface area contributed by atoms with Crippen LogP contribution < -0.4 is 5.32 Å². The van der Waals surface area contributed by atoms with Crippen molar-refractivity contribution in [3.8, 4) is 11.1 Å². The van der Waals surface area contributed by atoms with Gasteiger partial charge < -0.3 is 24.6 Å². The first kappa shape index (κ1) is 22.8. The number of benzene rings is 2. The number of ether oxygens (including phenoxy) is 3. The third kappa shape index (κ3) is 4.43.